The van der Waals surface area contributed by atoms with Gasteiger partial charge in [0, 0.05) is 6.61 Å². The number of hydrogen-bond donors (Lipinski definition) is 2. The van der Waals surface area contributed by atoms with Gasteiger partial charge in [-0.1, -0.05) is 12.1 Å². The van der Waals surface area contributed by atoms with E-state index in [0.717, 1.165) is 0 Å². The van der Waals surface area contributed by atoms with E-state index in [2.05, 4.69) is 5.32 Å². The number of nitrogens with one attached hydrogen (secondary N) is 1. The lowest BCUT2D eigenvalue weighted by Gasteiger charge is -2.24. The number of carbonyl (C=O) groups excluding carboxylic acids is 1. The molecule has 4 nitrogen and oxygen atoms in total. The van der Waals surface area contributed by atoms with Gasteiger partial charge in [-0.3, -0.25) is 4.79 Å². The van der Waals surface area contributed by atoms with Crippen LogP contribution in [0.2, 0.25) is 0 Å². The van der Waals surface area contributed by atoms with Crippen LogP contribution in [0.3, 0.4) is 0 Å². The second kappa shape index (κ2) is 5.04. The second-order valence-corrected chi connectivity index (χ2v) is 4.71. The summed E-state index contributed by atoms with van der Waals surface area (Å²) in [6.07, 6.45) is 0.509. The summed E-state index contributed by atoms with van der Waals surface area (Å²) in [5, 5.41) is 2.80. The van der Waals surface area contributed by atoms with Gasteiger partial charge in [0.1, 0.15) is 11.4 Å². The Hall–Kier alpha value is -1.46. The fourth-order valence-corrected chi connectivity index (χ4v) is 1.96. The number of rotatable bonds is 3. The van der Waals surface area contributed by atoms with Crippen molar-refractivity contribution in [2.24, 2.45) is 5.73 Å². The van der Waals surface area contributed by atoms with Gasteiger partial charge in [-0.25, -0.2) is 4.39 Å². The summed E-state index contributed by atoms with van der Waals surface area (Å²) in [6, 6.07) is 5.87. The Morgan fingerprint density at radius 2 is 2.39 bits per heavy atom. The number of hydrogen-bond acceptors (Lipinski definition) is 3. The number of halogens is 1. The largest absolute Gasteiger partial charge is 0.379 e. The molecule has 1 amide bonds. The Balaban J connectivity index is 2.03. The normalized spacial score (nSPS) is 24.8. The van der Waals surface area contributed by atoms with Crippen LogP contribution in [0.4, 0.5) is 4.39 Å². The maximum Gasteiger partial charge on any atom is 0.243 e. The summed E-state index contributed by atoms with van der Waals surface area (Å²) in [7, 11) is 0. The molecule has 1 aliphatic heterocycles. The number of amides is 1. The van der Waals surface area contributed by atoms with Crippen LogP contribution in [-0.4, -0.2) is 24.7 Å². The Bertz CT molecular complexity index is 444. The molecule has 1 saturated heterocycles. The Morgan fingerprint density at radius 3 is 3.00 bits per heavy atom. The van der Waals surface area contributed by atoms with E-state index in [9.17, 15) is 9.18 Å². The Labute approximate surface area is 105 Å². The SMILES string of the molecule is CC(NC(=O)C1(N)CCOC1)c1cccc(F)c1. The molecular weight excluding hydrogens is 235 g/mol. The molecule has 2 unspecified atom stereocenters. The van der Waals surface area contributed by atoms with Crippen molar-refractivity contribution in [1.82, 2.24) is 5.32 Å². The van der Waals surface area contributed by atoms with Crippen LogP contribution in [0.1, 0.15) is 24.9 Å². The highest BCUT2D eigenvalue weighted by Crippen LogP contribution is 2.19. The van der Waals surface area contributed by atoms with E-state index in [4.69, 9.17) is 10.5 Å². The molecule has 5 heteroatoms. The molecule has 18 heavy (non-hydrogen) atoms. The summed E-state index contributed by atoms with van der Waals surface area (Å²) in [4.78, 5) is 12.0. The lowest BCUT2D eigenvalue weighted by Crippen LogP contribution is -2.54. The van der Waals surface area contributed by atoms with E-state index in [-0.39, 0.29) is 24.4 Å². The molecule has 2 rings (SSSR count). The fraction of sp³-hybridized carbons (Fsp3) is 0.462. The van der Waals surface area contributed by atoms with E-state index in [1.165, 1.54) is 12.1 Å². The molecule has 0 bridgehead atoms. The van der Waals surface area contributed by atoms with E-state index in [0.29, 0.717) is 18.6 Å². The van der Waals surface area contributed by atoms with Crippen molar-refractivity contribution in [2.45, 2.75) is 24.9 Å². The number of nitrogens with two attached hydrogens (primary N) is 1. The van der Waals surface area contributed by atoms with Crippen LogP contribution in [0, 0.1) is 5.82 Å². The third kappa shape index (κ3) is 2.68. The van der Waals surface area contributed by atoms with E-state index in [1.54, 1.807) is 19.1 Å². The van der Waals surface area contributed by atoms with E-state index < -0.39 is 5.54 Å². The highest BCUT2D eigenvalue weighted by atomic mass is 19.1. The number of ether oxygens (including phenoxy) is 1. The molecule has 1 aromatic carbocycles. The topological polar surface area (TPSA) is 64.4 Å². The molecular formula is C13H17FN2O2. The first-order chi connectivity index (χ1) is 8.51. The van der Waals surface area contributed by atoms with Crippen LogP contribution in [0.15, 0.2) is 24.3 Å². The van der Waals surface area contributed by atoms with Crippen LogP contribution in [0.5, 0.6) is 0 Å². The molecule has 0 radical (unpaired) electrons. The molecule has 1 aliphatic rings. The standard InChI is InChI=1S/C13H17FN2O2/c1-9(10-3-2-4-11(14)7-10)16-12(17)13(15)5-6-18-8-13/h2-4,7,9H,5-6,8,15H2,1H3,(H,16,17). The maximum atomic E-state index is 13.1. The Kier molecular flexibility index (Phi) is 3.63. The van der Waals surface area contributed by atoms with Crippen LogP contribution in [-0.2, 0) is 9.53 Å². The molecule has 0 aliphatic carbocycles. The van der Waals surface area contributed by atoms with Crippen LogP contribution in [0.25, 0.3) is 0 Å². The van der Waals surface area contributed by atoms with Crippen molar-refractivity contribution < 1.29 is 13.9 Å². The lowest BCUT2D eigenvalue weighted by molar-refractivity contribution is -0.127. The monoisotopic (exact) mass is 252 g/mol. The quantitative estimate of drug-likeness (QED) is 0.847. The molecule has 1 fully saturated rings. The van der Waals surface area contributed by atoms with Crippen molar-refractivity contribution in [2.75, 3.05) is 13.2 Å². The summed E-state index contributed by atoms with van der Waals surface area (Å²) in [5.74, 6) is -0.572. The molecule has 0 saturated carbocycles. The van der Waals surface area contributed by atoms with Gasteiger partial charge in [0.15, 0.2) is 0 Å². The van der Waals surface area contributed by atoms with Crippen molar-refractivity contribution in [1.29, 1.82) is 0 Å². The first-order valence-corrected chi connectivity index (χ1v) is 5.94. The predicted octanol–water partition coefficient (Wildman–Crippen LogP) is 1.12. The predicted molar refractivity (Wildman–Crippen MR) is 65.3 cm³/mol. The zero-order valence-electron chi connectivity index (χ0n) is 10.3. The average molecular weight is 252 g/mol. The van der Waals surface area contributed by atoms with Gasteiger partial charge < -0.3 is 15.8 Å². The molecule has 1 heterocycles. The van der Waals surface area contributed by atoms with E-state index >= 15 is 0 Å². The van der Waals surface area contributed by atoms with Crippen molar-refractivity contribution in [3.63, 3.8) is 0 Å². The summed E-state index contributed by atoms with van der Waals surface area (Å²) in [6.45, 7) is 2.53. The van der Waals surface area contributed by atoms with Gasteiger partial charge in [0.25, 0.3) is 0 Å². The number of benzene rings is 1. The Morgan fingerprint density at radius 1 is 1.61 bits per heavy atom. The summed E-state index contributed by atoms with van der Waals surface area (Å²) < 4.78 is 18.2. The van der Waals surface area contributed by atoms with Crippen LogP contribution >= 0.6 is 0 Å². The smallest absolute Gasteiger partial charge is 0.243 e. The first kappa shape index (κ1) is 13.0. The summed E-state index contributed by atoms with van der Waals surface area (Å²) >= 11 is 0. The molecule has 3 N–H and O–H groups in total. The third-order valence-corrected chi connectivity index (χ3v) is 3.20. The first-order valence-electron chi connectivity index (χ1n) is 5.94. The fourth-order valence-electron chi connectivity index (χ4n) is 1.96. The molecule has 0 aromatic heterocycles. The van der Waals surface area contributed by atoms with Crippen molar-refractivity contribution >= 4 is 5.91 Å². The zero-order valence-corrected chi connectivity index (χ0v) is 10.3. The van der Waals surface area contributed by atoms with Gasteiger partial charge in [-0.2, -0.15) is 0 Å². The zero-order chi connectivity index (χ0) is 13.2. The van der Waals surface area contributed by atoms with E-state index in [1.807, 2.05) is 0 Å². The highest BCUT2D eigenvalue weighted by Gasteiger charge is 2.38. The summed E-state index contributed by atoms with van der Waals surface area (Å²) in [5.41, 5.74) is 5.70. The lowest BCUT2D eigenvalue weighted by atomic mass is 9.98. The van der Waals surface area contributed by atoms with Crippen LogP contribution < -0.4 is 11.1 Å². The average Bonchev–Trinajstić information content (AvgIpc) is 2.77. The maximum absolute atomic E-state index is 13.1. The third-order valence-electron chi connectivity index (χ3n) is 3.20. The highest BCUT2D eigenvalue weighted by molar-refractivity contribution is 5.86. The van der Waals surface area contributed by atoms with Gasteiger partial charge in [-0.15, -0.1) is 0 Å². The minimum absolute atomic E-state index is 0.231. The second-order valence-electron chi connectivity index (χ2n) is 4.71. The minimum atomic E-state index is -0.957. The van der Waals surface area contributed by atoms with Crippen molar-refractivity contribution in [3.8, 4) is 0 Å². The molecule has 1 aromatic rings. The van der Waals surface area contributed by atoms with Gasteiger partial charge in [-0.05, 0) is 31.0 Å². The molecule has 0 spiro atoms. The van der Waals surface area contributed by atoms with Crippen molar-refractivity contribution in [3.05, 3.63) is 35.6 Å². The van der Waals surface area contributed by atoms with Gasteiger partial charge in [0.05, 0.1) is 12.6 Å². The molecule has 98 valence electrons. The van der Waals surface area contributed by atoms with Gasteiger partial charge >= 0.3 is 0 Å². The molecule has 2 atom stereocenters. The van der Waals surface area contributed by atoms with Gasteiger partial charge in [0.2, 0.25) is 5.91 Å². The number of carbonyl (C=O) groups is 1. The minimum Gasteiger partial charge on any atom is -0.379 e.